The quantitative estimate of drug-likeness (QED) is 0.844. The third-order valence-electron chi connectivity index (χ3n) is 3.62. The smallest absolute Gasteiger partial charge is 0.320 e. The van der Waals surface area contributed by atoms with Crippen molar-refractivity contribution in [3.63, 3.8) is 0 Å². The number of hydrogen-bond donors (Lipinski definition) is 2. The summed E-state index contributed by atoms with van der Waals surface area (Å²) >= 11 is 0. The van der Waals surface area contributed by atoms with Crippen molar-refractivity contribution in [2.45, 2.75) is 26.4 Å². The number of carbonyl (C=O) groups excluding carboxylic acids is 1. The molecule has 1 aliphatic rings. The number of anilines is 1. The molecule has 0 aromatic carbocycles. The van der Waals surface area contributed by atoms with Crippen molar-refractivity contribution >= 4 is 11.8 Å². The summed E-state index contributed by atoms with van der Waals surface area (Å²) in [5.41, 5.74) is 1.09. The van der Waals surface area contributed by atoms with E-state index in [0.717, 1.165) is 38.4 Å². The molecule has 7 nitrogen and oxygen atoms in total. The number of hydrogen-bond acceptors (Lipinski definition) is 4. The first-order chi connectivity index (χ1) is 10.1. The van der Waals surface area contributed by atoms with E-state index in [4.69, 9.17) is 4.74 Å². The normalized spacial score (nSPS) is 19.5. The summed E-state index contributed by atoms with van der Waals surface area (Å²) in [5.74, 6) is 0.590. The second-order valence-corrected chi connectivity index (χ2v) is 5.36. The highest BCUT2D eigenvalue weighted by molar-refractivity contribution is 5.88. The van der Waals surface area contributed by atoms with E-state index in [1.165, 1.54) is 0 Å². The molecule has 2 heterocycles. The number of carbonyl (C=O) groups is 1. The van der Waals surface area contributed by atoms with Crippen LogP contribution in [-0.2, 0) is 18.2 Å². The van der Waals surface area contributed by atoms with Gasteiger partial charge in [0.05, 0.1) is 12.7 Å². The Balaban J connectivity index is 1.69. The number of rotatable bonds is 5. The molecule has 0 radical (unpaired) electrons. The molecule has 1 aliphatic heterocycles. The van der Waals surface area contributed by atoms with Crippen LogP contribution in [0.3, 0.4) is 0 Å². The Labute approximate surface area is 125 Å². The van der Waals surface area contributed by atoms with Crippen molar-refractivity contribution in [3.05, 3.63) is 11.8 Å². The fourth-order valence-electron chi connectivity index (χ4n) is 2.48. The van der Waals surface area contributed by atoms with Crippen LogP contribution in [0.2, 0.25) is 0 Å². The van der Waals surface area contributed by atoms with E-state index in [1.54, 1.807) is 4.68 Å². The van der Waals surface area contributed by atoms with Crippen LogP contribution < -0.4 is 10.6 Å². The molecule has 118 valence electrons. The van der Waals surface area contributed by atoms with Crippen LogP contribution in [0.4, 0.5) is 10.6 Å². The van der Waals surface area contributed by atoms with Crippen LogP contribution in [0.15, 0.2) is 6.07 Å². The van der Waals surface area contributed by atoms with E-state index in [0.29, 0.717) is 12.4 Å². The number of aryl methyl sites for hydroxylation is 2. The lowest BCUT2D eigenvalue weighted by atomic mass is 10.3. The van der Waals surface area contributed by atoms with E-state index in [2.05, 4.69) is 34.5 Å². The molecule has 1 fully saturated rings. The second-order valence-electron chi connectivity index (χ2n) is 5.36. The topological polar surface area (TPSA) is 71.4 Å². The molecule has 0 bridgehead atoms. The largest absolute Gasteiger partial charge is 0.376 e. The van der Waals surface area contributed by atoms with Gasteiger partial charge in [0.1, 0.15) is 0 Å². The number of nitrogens with zero attached hydrogens (tertiary/aromatic N) is 3. The average molecular weight is 295 g/mol. The van der Waals surface area contributed by atoms with Crippen LogP contribution in [0.5, 0.6) is 0 Å². The number of amides is 2. The Hall–Kier alpha value is -1.60. The Kier molecular flexibility index (Phi) is 5.58. The SMILES string of the molecule is CCc1cc(NC(=O)NCCN2CCOC(C)C2)nn1C. The van der Waals surface area contributed by atoms with Gasteiger partial charge in [-0.2, -0.15) is 5.10 Å². The summed E-state index contributed by atoms with van der Waals surface area (Å²) < 4.78 is 7.27. The van der Waals surface area contributed by atoms with Gasteiger partial charge in [-0.25, -0.2) is 4.79 Å². The molecule has 21 heavy (non-hydrogen) atoms. The molecule has 2 rings (SSSR count). The second kappa shape index (κ2) is 7.42. The van der Waals surface area contributed by atoms with E-state index in [1.807, 2.05) is 13.1 Å². The Bertz CT molecular complexity index is 474. The number of urea groups is 1. The molecular formula is C14H25N5O2. The maximum Gasteiger partial charge on any atom is 0.320 e. The van der Waals surface area contributed by atoms with Gasteiger partial charge in [-0.1, -0.05) is 6.92 Å². The summed E-state index contributed by atoms with van der Waals surface area (Å²) in [6.07, 6.45) is 1.16. The molecule has 1 aromatic rings. The van der Waals surface area contributed by atoms with Crippen LogP contribution in [-0.4, -0.2) is 59.6 Å². The summed E-state index contributed by atoms with van der Waals surface area (Å²) in [4.78, 5) is 14.1. The molecular weight excluding hydrogens is 270 g/mol. The van der Waals surface area contributed by atoms with Crippen molar-refractivity contribution in [1.29, 1.82) is 0 Å². The Morgan fingerprint density at radius 1 is 1.57 bits per heavy atom. The standard InChI is InChI=1S/C14H25N5O2/c1-4-12-9-13(17-18(12)3)16-14(20)15-5-6-19-7-8-21-11(2)10-19/h9,11H,4-8,10H2,1-3H3,(H2,15,16,17,20). The van der Waals surface area contributed by atoms with Crippen LogP contribution in [0, 0.1) is 0 Å². The van der Waals surface area contributed by atoms with Crippen molar-refractivity contribution in [1.82, 2.24) is 20.0 Å². The van der Waals surface area contributed by atoms with E-state index in [-0.39, 0.29) is 12.1 Å². The molecule has 1 atom stereocenters. The first kappa shape index (κ1) is 15.8. The number of nitrogens with one attached hydrogen (secondary N) is 2. The number of ether oxygens (including phenoxy) is 1. The lowest BCUT2D eigenvalue weighted by Gasteiger charge is -2.30. The highest BCUT2D eigenvalue weighted by Gasteiger charge is 2.16. The van der Waals surface area contributed by atoms with Gasteiger partial charge >= 0.3 is 6.03 Å². The van der Waals surface area contributed by atoms with Gasteiger partial charge in [0.2, 0.25) is 0 Å². The molecule has 1 aromatic heterocycles. The minimum absolute atomic E-state index is 0.211. The molecule has 0 saturated carbocycles. The molecule has 2 N–H and O–H groups in total. The van der Waals surface area contributed by atoms with Crippen molar-refractivity contribution < 1.29 is 9.53 Å². The van der Waals surface area contributed by atoms with Crippen molar-refractivity contribution in [2.75, 3.05) is 38.1 Å². The molecule has 0 spiro atoms. The van der Waals surface area contributed by atoms with Crippen molar-refractivity contribution in [3.8, 4) is 0 Å². The molecule has 7 heteroatoms. The molecule has 0 aliphatic carbocycles. The zero-order chi connectivity index (χ0) is 15.2. The maximum absolute atomic E-state index is 11.8. The summed E-state index contributed by atoms with van der Waals surface area (Å²) in [6.45, 7) is 8.19. The molecule has 1 unspecified atom stereocenters. The van der Waals surface area contributed by atoms with E-state index >= 15 is 0 Å². The zero-order valence-electron chi connectivity index (χ0n) is 13.1. The summed E-state index contributed by atoms with van der Waals surface area (Å²) in [7, 11) is 1.88. The van der Waals surface area contributed by atoms with Gasteiger partial charge in [0, 0.05) is 45.0 Å². The summed E-state index contributed by atoms with van der Waals surface area (Å²) in [5, 5.41) is 9.86. The summed E-state index contributed by atoms with van der Waals surface area (Å²) in [6, 6.07) is 1.68. The van der Waals surface area contributed by atoms with Gasteiger partial charge in [0.25, 0.3) is 0 Å². The monoisotopic (exact) mass is 295 g/mol. The minimum Gasteiger partial charge on any atom is -0.376 e. The first-order valence-electron chi connectivity index (χ1n) is 7.50. The highest BCUT2D eigenvalue weighted by atomic mass is 16.5. The number of morpholine rings is 1. The van der Waals surface area contributed by atoms with Crippen LogP contribution in [0.1, 0.15) is 19.5 Å². The van der Waals surface area contributed by atoms with Gasteiger partial charge in [-0.3, -0.25) is 14.9 Å². The average Bonchev–Trinajstić information content (AvgIpc) is 2.78. The Morgan fingerprint density at radius 2 is 2.38 bits per heavy atom. The first-order valence-corrected chi connectivity index (χ1v) is 7.50. The predicted molar refractivity (Wildman–Crippen MR) is 81.5 cm³/mol. The van der Waals surface area contributed by atoms with E-state index < -0.39 is 0 Å². The van der Waals surface area contributed by atoms with Crippen LogP contribution in [0.25, 0.3) is 0 Å². The molecule has 1 saturated heterocycles. The number of aromatic nitrogens is 2. The molecule has 2 amide bonds. The van der Waals surface area contributed by atoms with Crippen molar-refractivity contribution in [2.24, 2.45) is 7.05 Å². The van der Waals surface area contributed by atoms with Gasteiger partial charge in [0.15, 0.2) is 5.82 Å². The fourth-order valence-corrected chi connectivity index (χ4v) is 2.48. The predicted octanol–water partition coefficient (Wildman–Crippen LogP) is 0.825. The van der Waals surface area contributed by atoms with Gasteiger partial charge < -0.3 is 10.1 Å². The Morgan fingerprint density at radius 3 is 3.05 bits per heavy atom. The van der Waals surface area contributed by atoms with Gasteiger partial charge in [-0.05, 0) is 13.3 Å². The lowest BCUT2D eigenvalue weighted by Crippen LogP contribution is -2.45. The highest BCUT2D eigenvalue weighted by Crippen LogP contribution is 2.08. The van der Waals surface area contributed by atoms with E-state index in [9.17, 15) is 4.79 Å². The maximum atomic E-state index is 11.8. The van der Waals surface area contributed by atoms with Gasteiger partial charge in [-0.15, -0.1) is 0 Å². The third kappa shape index (κ3) is 4.71. The fraction of sp³-hybridized carbons (Fsp3) is 0.714. The third-order valence-corrected chi connectivity index (χ3v) is 3.62. The minimum atomic E-state index is -0.211. The van der Waals surface area contributed by atoms with Crippen LogP contribution >= 0.6 is 0 Å². The lowest BCUT2D eigenvalue weighted by molar-refractivity contribution is -0.0174. The zero-order valence-corrected chi connectivity index (χ0v) is 13.1.